The van der Waals surface area contributed by atoms with Gasteiger partial charge < -0.3 is 10.3 Å². The van der Waals surface area contributed by atoms with Gasteiger partial charge in [-0.1, -0.05) is 18.2 Å². The van der Waals surface area contributed by atoms with Gasteiger partial charge in [0, 0.05) is 16.8 Å². The van der Waals surface area contributed by atoms with Crippen molar-refractivity contribution in [1.82, 2.24) is 9.97 Å². The SMILES string of the molecule is Cc1ccc(S(N)(=O)=O)cc1C(=O)Nc1ccc(-c2nc3ccccc3[nH]2)cc1. The number of nitrogens with two attached hydrogens (primary N) is 1. The molecule has 0 fully saturated rings. The molecule has 0 saturated carbocycles. The predicted molar refractivity (Wildman–Crippen MR) is 112 cm³/mol. The molecule has 0 aliphatic rings. The van der Waals surface area contributed by atoms with Crippen LogP contribution >= 0.6 is 0 Å². The van der Waals surface area contributed by atoms with Crippen molar-refractivity contribution in [3.63, 3.8) is 0 Å². The Labute approximate surface area is 167 Å². The molecule has 0 atom stereocenters. The highest BCUT2D eigenvalue weighted by molar-refractivity contribution is 7.89. The summed E-state index contributed by atoms with van der Waals surface area (Å²) in [6.07, 6.45) is 0. The molecule has 1 heterocycles. The van der Waals surface area contributed by atoms with Gasteiger partial charge >= 0.3 is 0 Å². The van der Waals surface area contributed by atoms with Crippen molar-refractivity contribution < 1.29 is 13.2 Å². The molecule has 146 valence electrons. The smallest absolute Gasteiger partial charge is 0.255 e. The third kappa shape index (κ3) is 3.89. The Bertz CT molecular complexity index is 1290. The molecular formula is C21H18N4O3S. The van der Waals surface area contributed by atoms with Crippen molar-refractivity contribution in [2.75, 3.05) is 5.32 Å². The number of hydrogen-bond acceptors (Lipinski definition) is 4. The lowest BCUT2D eigenvalue weighted by molar-refractivity contribution is 0.102. The van der Waals surface area contributed by atoms with E-state index in [2.05, 4.69) is 15.3 Å². The van der Waals surface area contributed by atoms with E-state index in [1.807, 2.05) is 36.4 Å². The van der Waals surface area contributed by atoms with E-state index in [-0.39, 0.29) is 10.5 Å². The molecule has 4 aromatic rings. The number of amides is 1. The van der Waals surface area contributed by atoms with Gasteiger partial charge in [0.25, 0.3) is 5.91 Å². The summed E-state index contributed by atoms with van der Waals surface area (Å²) in [6.45, 7) is 1.73. The molecular weight excluding hydrogens is 388 g/mol. The van der Waals surface area contributed by atoms with Crippen LogP contribution < -0.4 is 10.5 Å². The number of anilines is 1. The van der Waals surface area contributed by atoms with E-state index in [4.69, 9.17) is 5.14 Å². The maximum Gasteiger partial charge on any atom is 0.255 e. The Morgan fingerprint density at radius 3 is 2.45 bits per heavy atom. The second-order valence-electron chi connectivity index (χ2n) is 6.66. The normalized spacial score (nSPS) is 11.5. The van der Waals surface area contributed by atoms with Crippen molar-refractivity contribution >= 4 is 32.7 Å². The zero-order chi connectivity index (χ0) is 20.6. The molecule has 7 nitrogen and oxygen atoms in total. The fourth-order valence-electron chi connectivity index (χ4n) is 3.02. The van der Waals surface area contributed by atoms with Crippen LogP contribution in [0.15, 0.2) is 71.6 Å². The Morgan fingerprint density at radius 2 is 1.76 bits per heavy atom. The molecule has 29 heavy (non-hydrogen) atoms. The second-order valence-corrected chi connectivity index (χ2v) is 8.22. The van der Waals surface area contributed by atoms with Crippen molar-refractivity contribution in [2.24, 2.45) is 5.14 Å². The van der Waals surface area contributed by atoms with E-state index < -0.39 is 15.9 Å². The molecule has 0 bridgehead atoms. The summed E-state index contributed by atoms with van der Waals surface area (Å²) in [5.74, 6) is 0.324. The van der Waals surface area contributed by atoms with Gasteiger partial charge in [0.2, 0.25) is 10.0 Å². The summed E-state index contributed by atoms with van der Waals surface area (Å²) in [7, 11) is -3.89. The van der Waals surface area contributed by atoms with Crippen LogP contribution in [0.4, 0.5) is 5.69 Å². The van der Waals surface area contributed by atoms with Crippen molar-refractivity contribution in [3.8, 4) is 11.4 Å². The maximum atomic E-state index is 12.6. The quantitative estimate of drug-likeness (QED) is 0.481. The first-order chi connectivity index (χ1) is 13.8. The standard InChI is InChI=1S/C21H18N4O3S/c1-13-6-11-16(29(22,27)28)12-17(13)21(26)23-15-9-7-14(8-10-15)20-24-18-4-2-3-5-19(18)25-20/h2-12H,1H3,(H,23,26)(H,24,25)(H2,22,27,28). The zero-order valence-electron chi connectivity index (χ0n) is 15.5. The summed E-state index contributed by atoms with van der Waals surface area (Å²) < 4.78 is 23.1. The van der Waals surface area contributed by atoms with E-state index in [9.17, 15) is 13.2 Å². The van der Waals surface area contributed by atoms with E-state index in [0.29, 0.717) is 11.3 Å². The van der Waals surface area contributed by atoms with Crippen LogP contribution in [0, 0.1) is 6.92 Å². The lowest BCUT2D eigenvalue weighted by Crippen LogP contribution is -2.17. The lowest BCUT2D eigenvalue weighted by atomic mass is 10.1. The number of nitrogens with zero attached hydrogens (tertiary/aromatic N) is 1. The molecule has 0 saturated heterocycles. The maximum absolute atomic E-state index is 12.6. The lowest BCUT2D eigenvalue weighted by Gasteiger charge is -2.09. The number of nitrogens with one attached hydrogen (secondary N) is 2. The Kier molecular flexibility index (Phi) is 4.65. The Morgan fingerprint density at radius 1 is 1.03 bits per heavy atom. The molecule has 1 aromatic heterocycles. The van der Waals surface area contributed by atoms with Crippen LogP contribution in [0.1, 0.15) is 15.9 Å². The largest absolute Gasteiger partial charge is 0.338 e. The fourth-order valence-corrected chi connectivity index (χ4v) is 3.56. The third-order valence-corrected chi connectivity index (χ3v) is 5.50. The summed E-state index contributed by atoms with van der Waals surface area (Å²) in [5, 5.41) is 7.94. The van der Waals surface area contributed by atoms with Gasteiger partial charge in [0.15, 0.2) is 0 Å². The summed E-state index contributed by atoms with van der Waals surface area (Å²) >= 11 is 0. The van der Waals surface area contributed by atoms with Gasteiger partial charge in [-0.2, -0.15) is 0 Å². The van der Waals surface area contributed by atoms with E-state index in [1.54, 1.807) is 25.1 Å². The van der Waals surface area contributed by atoms with Gasteiger partial charge in [-0.3, -0.25) is 4.79 Å². The number of primary sulfonamides is 1. The molecule has 3 aromatic carbocycles. The van der Waals surface area contributed by atoms with E-state index >= 15 is 0 Å². The number of fused-ring (bicyclic) bond motifs is 1. The first-order valence-electron chi connectivity index (χ1n) is 8.81. The highest BCUT2D eigenvalue weighted by atomic mass is 32.2. The van der Waals surface area contributed by atoms with Crippen molar-refractivity contribution in [3.05, 3.63) is 77.9 Å². The van der Waals surface area contributed by atoms with Crippen LogP contribution in [0.25, 0.3) is 22.4 Å². The predicted octanol–water partition coefficient (Wildman–Crippen LogP) is 3.44. The number of aryl methyl sites for hydroxylation is 1. The van der Waals surface area contributed by atoms with Crippen LogP contribution in [-0.4, -0.2) is 24.3 Å². The number of H-pyrrole nitrogens is 1. The number of benzene rings is 3. The fraction of sp³-hybridized carbons (Fsp3) is 0.0476. The molecule has 4 rings (SSSR count). The molecule has 0 aliphatic carbocycles. The van der Waals surface area contributed by atoms with Crippen LogP contribution in [0.3, 0.4) is 0 Å². The highest BCUT2D eigenvalue weighted by Crippen LogP contribution is 2.23. The number of hydrogen-bond donors (Lipinski definition) is 3. The number of aromatic amines is 1. The van der Waals surface area contributed by atoms with E-state index in [1.165, 1.54) is 12.1 Å². The third-order valence-electron chi connectivity index (χ3n) is 4.59. The number of imidazole rings is 1. The first-order valence-corrected chi connectivity index (χ1v) is 10.4. The summed E-state index contributed by atoms with van der Waals surface area (Å²) in [6, 6.07) is 19.2. The molecule has 8 heteroatoms. The zero-order valence-corrected chi connectivity index (χ0v) is 16.3. The molecule has 4 N–H and O–H groups in total. The first kappa shape index (κ1) is 18.9. The van der Waals surface area contributed by atoms with E-state index in [0.717, 1.165) is 22.4 Å². The monoisotopic (exact) mass is 406 g/mol. The number of carbonyl (C=O) groups excluding carboxylic acids is 1. The topological polar surface area (TPSA) is 118 Å². The second kappa shape index (κ2) is 7.16. The molecule has 0 unspecified atom stereocenters. The van der Waals surface area contributed by atoms with Crippen molar-refractivity contribution in [1.29, 1.82) is 0 Å². The summed E-state index contributed by atoms with van der Waals surface area (Å²) in [4.78, 5) is 20.3. The Hall–Kier alpha value is -3.49. The van der Waals surface area contributed by atoms with Gasteiger partial charge in [-0.05, 0) is 61.0 Å². The van der Waals surface area contributed by atoms with Gasteiger partial charge in [0.05, 0.1) is 15.9 Å². The van der Waals surface area contributed by atoms with Gasteiger partial charge in [0.1, 0.15) is 5.82 Å². The van der Waals surface area contributed by atoms with Crippen molar-refractivity contribution in [2.45, 2.75) is 11.8 Å². The number of aromatic nitrogens is 2. The molecule has 0 aliphatic heterocycles. The van der Waals surface area contributed by atoms with Gasteiger partial charge in [-0.25, -0.2) is 18.5 Å². The summed E-state index contributed by atoms with van der Waals surface area (Å²) in [5.41, 5.74) is 4.18. The average molecular weight is 406 g/mol. The van der Waals surface area contributed by atoms with Crippen LogP contribution in [0.2, 0.25) is 0 Å². The Balaban J connectivity index is 1.57. The van der Waals surface area contributed by atoms with Crippen LogP contribution in [-0.2, 0) is 10.0 Å². The molecule has 0 radical (unpaired) electrons. The number of sulfonamides is 1. The number of carbonyl (C=O) groups is 1. The molecule has 1 amide bonds. The molecule has 0 spiro atoms. The minimum absolute atomic E-state index is 0.103. The minimum Gasteiger partial charge on any atom is -0.338 e. The number of para-hydroxylation sites is 2. The number of rotatable bonds is 4. The minimum atomic E-state index is -3.89. The highest BCUT2D eigenvalue weighted by Gasteiger charge is 2.15. The van der Waals surface area contributed by atoms with Crippen LogP contribution in [0.5, 0.6) is 0 Å². The average Bonchev–Trinajstić information content (AvgIpc) is 3.12. The van der Waals surface area contributed by atoms with Gasteiger partial charge in [-0.15, -0.1) is 0 Å².